The second-order valence-electron chi connectivity index (χ2n) is 21.1. The molecule has 0 radical (unpaired) electrons. The third kappa shape index (κ3) is 10.6. The number of hydrogen-bond acceptors (Lipinski definition) is 11. The lowest BCUT2D eigenvalue weighted by Crippen LogP contribution is -2.68. The van der Waals surface area contributed by atoms with Crippen molar-refractivity contribution in [2.45, 2.75) is 115 Å². The normalized spacial score (nSPS) is 21.7. The highest BCUT2D eigenvalue weighted by Gasteiger charge is 2.55. The summed E-state index contributed by atoms with van der Waals surface area (Å²) in [5, 5.41) is 3.46. The molecule has 0 amide bonds. The lowest BCUT2D eigenvalue weighted by molar-refractivity contribution is -0.0495. The topological polar surface area (TPSA) is 154 Å². The van der Waals surface area contributed by atoms with E-state index in [4.69, 9.17) is 39.6 Å². The van der Waals surface area contributed by atoms with Crippen molar-refractivity contribution in [3.8, 4) is 0 Å². The Morgan fingerprint density at radius 2 is 1.08 bits per heavy atom. The Hall–Kier alpha value is -4.92. The number of aryl methyl sites for hydroxylation is 2. The molecule has 0 saturated carbocycles. The standard InChI is InChI=1S/C54H67N4O10PSSi2/c1-37-33-57(51(60)55-49(37)59)47-31-43(46(66-47)36-64-71(53(3,4)5,39-23-15-11-16-24-39)40-25-17-12-18-26-40)67-69(10,62)63-35-45-44(32-48(65-45)58-34-38(2)50(70)56(9)52(58)61)68-72(54(6,7)8,41-27-19-13-20-28-41)42-29-21-14-22-30-42/h11-30,33-34,43-48H,31-32,35-36H2,1-10H3,(H,55,59,60)/t43-,44-,45+,46+,47+,48+,69-/m0/s1. The van der Waals surface area contributed by atoms with Crippen LogP contribution in [0.3, 0.4) is 0 Å². The van der Waals surface area contributed by atoms with Gasteiger partial charge in [-0.1, -0.05) is 175 Å². The fraction of sp³-hybridized carbons (Fsp3) is 0.407. The Labute approximate surface area is 428 Å². The molecule has 8 rings (SSSR count). The fourth-order valence-electron chi connectivity index (χ4n) is 10.5. The van der Waals surface area contributed by atoms with Crippen LogP contribution in [0.2, 0.25) is 10.1 Å². The summed E-state index contributed by atoms with van der Waals surface area (Å²) in [5.74, 6) is 0. The molecule has 7 atom stereocenters. The molecule has 6 aromatic rings. The monoisotopic (exact) mass is 1050 g/mol. The number of nitrogens with one attached hydrogen (secondary N) is 1. The van der Waals surface area contributed by atoms with Crippen molar-refractivity contribution in [2.24, 2.45) is 7.05 Å². The minimum atomic E-state index is -4.02. The van der Waals surface area contributed by atoms with Crippen LogP contribution in [-0.2, 0) is 39.0 Å². The molecule has 2 aromatic heterocycles. The van der Waals surface area contributed by atoms with Gasteiger partial charge >= 0.3 is 19.0 Å². The maximum atomic E-state index is 15.0. The fourth-order valence-corrected chi connectivity index (χ4v) is 21.1. The molecule has 2 aliphatic rings. The van der Waals surface area contributed by atoms with Gasteiger partial charge in [0.1, 0.15) is 29.3 Å². The molecular formula is C54H67N4O10PSSi2. The molecule has 2 saturated heterocycles. The Balaban J connectivity index is 1.13. The molecule has 4 heterocycles. The van der Waals surface area contributed by atoms with Crippen molar-refractivity contribution in [3.63, 3.8) is 0 Å². The molecule has 14 nitrogen and oxygen atoms in total. The summed E-state index contributed by atoms with van der Waals surface area (Å²) in [6.45, 7) is 17.8. The number of H-pyrrole nitrogens is 1. The van der Waals surface area contributed by atoms with Gasteiger partial charge in [0, 0.05) is 50.1 Å². The summed E-state index contributed by atoms with van der Waals surface area (Å²) in [5.41, 5.74) is -0.437. The Kier molecular flexibility index (Phi) is 15.7. The van der Waals surface area contributed by atoms with Crippen LogP contribution in [-0.4, -0.2) is 79.6 Å². The first-order valence-electron chi connectivity index (χ1n) is 24.4. The number of ether oxygens (including phenoxy) is 2. The van der Waals surface area contributed by atoms with Gasteiger partial charge in [-0.15, -0.1) is 0 Å². The first-order chi connectivity index (χ1) is 34.1. The number of hydrogen-bond donors (Lipinski definition) is 1. The summed E-state index contributed by atoms with van der Waals surface area (Å²) < 4.78 is 61.2. The third-order valence-corrected chi connectivity index (χ3v) is 26.0. The number of aromatic nitrogens is 4. The van der Waals surface area contributed by atoms with Crippen LogP contribution < -0.4 is 37.7 Å². The van der Waals surface area contributed by atoms with Crippen LogP contribution in [0.25, 0.3) is 0 Å². The van der Waals surface area contributed by atoms with E-state index in [1.165, 1.54) is 22.0 Å². The van der Waals surface area contributed by atoms with Crippen LogP contribution in [0.1, 0.15) is 78.0 Å². The molecule has 382 valence electrons. The van der Waals surface area contributed by atoms with Gasteiger partial charge in [-0.05, 0) is 44.7 Å². The second-order valence-corrected chi connectivity index (χ2v) is 32.0. The van der Waals surface area contributed by atoms with E-state index < -0.39 is 77.4 Å². The zero-order chi connectivity index (χ0) is 51.8. The molecule has 18 heteroatoms. The van der Waals surface area contributed by atoms with Crippen molar-refractivity contribution in [3.05, 3.63) is 181 Å². The van der Waals surface area contributed by atoms with Gasteiger partial charge in [-0.25, -0.2) is 9.59 Å². The van der Waals surface area contributed by atoms with Crippen molar-refractivity contribution < 1.29 is 31.9 Å². The second kappa shape index (κ2) is 21.1. The molecule has 0 unspecified atom stereocenters. The van der Waals surface area contributed by atoms with Gasteiger partial charge in [0.15, 0.2) is 0 Å². The predicted octanol–water partition coefficient (Wildman–Crippen LogP) is 7.40. The van der Waals surface area contributed by atoms with E-state index in [-0.39, 0.29) is 36.8 Å². The summed E-state index contributed by atoms with van der Waals surface area (Å²) in [4.78, 5) is 42.1. The van der Waals surface area contributed by atoms with Crippen LogP contribution in [0.5, 0.6) is 0 Å². The van der Waals surface area contributed by atoms with Gasteiger partial charge in [0.2, 0.25) is 0 Å². The molecule has 4 aromatic carbocycles. The van der Waals surface area contributed by atoms with E-state index in [9.17, 15) is 14.4 Å². The molecule has 1 N–H and O–H groups in total. The number of rotatable bonds is 16. The molecule has 2 fully saturated rings. The quantitative estimate of drug-likeness (QED) is 0.0586. The summed E-state index contributed by atoms with van der Waals surface area (Å²) >= 11 is 5.56. The van der Waals surface area contributed by atoms with Crippen molar-refractivity contribution in [1.82, 2.24) is 18.7 Å². The Bertz CT molecular complexity index is 3060. The van der Waals surface area contributed by atoms with Crippen LogP contribution in [0.4, 0.5) is 0 Å². The zero-order valence-corrected chi connectivity index (χ0v) is 46.5. The SMILES string of the molecule is Cc1cn([C@H]2C[C@H](O[P@@](C)(=O)OC[C@H]3O[C@@H](n4cc(C)c(=S)n(C)c4=O)C[C@@H]3O[Si](c3ccccc3)(c3ccccc3)C(C)(C)C)[C@@H](CO[Si](c3ccccc3)(c3ccccc3)C(C)(C)C)O2)c(=O)[nH]c1=O. The largest absolute Gasteiger partial charge is 0.405 e. The average molecular weight is 1050 g/mol. The van der Waals surface area contributed by atoms with E-state index in [1.54, 1.807) is 24.7 Å². The first kappa shape index (κ1) is 53.4. The van der Waals surface area contributed by atoms with Gasteiger partial charge in [0.25, 0.3) is 22.2 Å². The van der Waals surface area contributed by atoms with Crippen molar-refractivity contribution in [1.29, 1.82) is 0 Å². The molecule has 0 bridgehead atoms. The maximum absolute atomic E-state index is 15.0. The minimum Gasteiger partial charge on any atom is -0.405 e. The highest BCUT2D eigenvalue weighted by atomic mass is 32.1. The summed E-state index contributed by atoms with van der Waals surface area (Å²) in [7, 11) is -8.70. The Morgan fingerprint density at radius 3 is 1.57 bits per heavy atom. The Morgan fingerprint density at radius 1 is 0.653 bits per heavy atom. The predicted molar refractivity (Wildman–Crippen MR) is 289 cm³/mol. The highest BCUT2D eigenvalue weighted by Crippen LogP contribution is 2.50. The minimum absolute atomic E-state index is 0.0159. The van der Waals surface area contributed by atoms with Crippen molar-refractivity contribution in [2.75, 3.05) is 19.9 Å². The molecular weight excluding hydrogens is 984 g/mol. The average Bonchev–Trinajstić information content (AvgIpc) is 3.94. The molecule has 0 spiro atoms. The van der Waals surface area contributed by atoms with E-state index in [0.29, 0.717) is 10.2 Å². The number of benzene rings is 4. The van der Waals surface area contributed by atoms with Crippen LogP contribution in [0, 0.1) is 18.5 Å². The summed E-state index contributed by atoms with van der Waals surface area (Å²) in [6, 6.07) is 40.9. The van der Waals surface area contributed by atoms with Crippen LogP contribution in [0.15, 0.2) is 148 Å². The van der Waals surface area contributed by atoms with E-state index in [0.717, 1.165) is 26.3 Å². The van der Waals surface area contributed by atoms with E-state index >= 15 is 4.57 Å². The lowest BCUT2D eigenvalue weighted by Gasteiger charge is -2.45. The molecule has 72 heavy (non-hydrogen) atoms. The van der Waals surface area contributed by atoms with E-state index in [2.05, 4.69) is 95.1 Å². The zero-order valence-electron chi connectivity index (χ0n) is 42.8. The molecule has 0 aliphatic carbocycles. The van der Waals surface area contributed by atoms with Gasteiger partial charge in [-0.2, -0.15) is 0 Å². The summed E-state index contributed by atoms with van der Waals surface area (Å²) in [6.07, 6.45) is -1.35. The number of nitrogens with zero attached hydrogens (tertiary/aromatic N) is 3. The van der Waals surface area contributed by atoms with Gasteiger partial charge in [0.05, 0.1) is 25.4 Å². The first-order valence-corrected chi connectivity index (χ1v) is 30.6. The van der Waals surface area contributed by atoms with Crippen LogP contribution >= 0.6 is 19.8 Å². The molecule has 2 aliphatic heterocycles. The maximum Gasteiger partial charge on any atom is 0.331 e. The number of aromatic amines is 1. The smallest absolute Gasteiger partial charge is 0.331 e. The van der Waals surface area contributed by atoms with Gasteiger partial charge < -0.3 is 27.4 Å². The van der Waals surface area contributed by atoms with E-state index in [1.807, 2.05) is 79.7 Å². The highest BCUT2D eigenvalue weighted by molar-refractivity contribution is 7.71. The van der Waals surface area contributed by atoms with Gasteiger partial charge in [-0.3, -0.25) is 28.0 Å². The third-order valence-electron chi connectivity index (χ3n) is 14.0. The lowest BCUT2D eigenvalue weighted by atomic mass is 10.2. The van der Waals surface area contributed by atoms with Crippen molar-refractivity contribution >= 4 is 57.2 Å².